The molecule has 1 rings (SSSR count). The normalized spacial score (nSPS) is 20.1. The van der Waals surface area contributed by atoms with Crippen molar-refractivity contribution in [3.05, 3.63) is 0 Å². The van der Waals surface area contributed by atoms with Crippen LogP contribution in [0.25, 0.3) is 0 Å². The molecule has 1 heterocycles. The van der Waals surface area contributed by atoms with E-state index >= 15 is 0 Å². The fourth-order valence-electron chi connectivity index (χ4n) is 2.82. The van der Waals surface area contributed by atoms with Crippen molar-refractivity contribution >= 4 is 20.1 Å². The van der Waals surface area contributed by atoms with Crippen LogP contribution < -0.4 is 0 Å². The van der Waals surface area contributed by atoms with Crippen LogP contribution in [0, 0.1) is 11.3 Å². The van der Waals surface area contributed by atoms with Crippen LogP contribution in [0.3, 0.4) is 0 Å². The number of rotatable bonds is 7. The Morgan fingerprint density at radius 3 is 1.67 bits per heavy atom. The van der Waals surface area contributed by atoms with Crippen molar-refractivity contribution in [1.82, 2.24) is 4.31 Å². The molecule has 0 atom stereocenters. The molecule has 162 valence electrons. The summed E-state index contributed by atoms with van der Waals surface area (Å²) >= 11 is 0. The molecule has 1 saturated heterocycles. The first-order chi connectivity index (χ1) is 11.8. The van der Waals surface area contributed by atoms with Crippen LogP contribution in [0.5, 0.6) is 0 Å². The first-order valence-electron chi connectivity index (χ1n) is 7.86. The van der Waals surface area contributed by atoms with Gasteiger partial charge in [0.05, 0.1) is 0 Å². The van der Waals surface area contributed by atoms with Crippen molar-refractivity contribution in [2.45, 2.75) is 56.5 Å². The standard InChI is InChI=1S/C13H21F6NO5S2/c1-4-10(2,3)9-5-7-20(8-6-9)26(21,22)12(16,17)11(14,15)13(18,19)27(23,24)25/h9H,4-8H2,1-3H3,(H,23,24,25)/p-1. The number of hydrogen-bond acceptors (Lipinski definition) is 5. The van der Waals surface area contributed by atoms with Crippen molar-refractivity contribution in [1.29, 1.82) is 0 Å². The fourth-order valence-corrected chi connectivity index (χ4v) is 4.79. The molecule has 14 heteroatoms. The summed E-state index contributed by atoms with van der Waals surface area (Å²) in [6, 6.07) is 0. The van der Waals surface area contributed by atoms with E-state index in [-0.39, 0.29) is 28.5 Å². The van der Waals surface area contributed by atoms with Gasteiger partial charge in [-0.15, -0.1) is 0 Å². The van der Waals surface area contributed by atoms with E-state index in [4.69, 9.17) is 0 Å². The van der Waals surface area contributed by atoms with Gasteiger partial charge >= 0.3 is 16.4 Å². The van der Waals surface area contributed by atoms with Crippen molar-refractivity contribution in [2.24, 2.45) is 11.3 Å². The molecule has 0 bridgehead atoms. The Morgan fingerprint density at radius 2 is 1.33 bits per heavy atom. The Hall–Kier alpha value is -0.600. The molecule has 0 saturated carbocycles. The molecule has 1 aliphatic rings. The Labute approximate surface area is 153 Å². The second-order valence-electron chi connectivity index (χ2n) is 7.08. The summed E-state index contributed by atoms with van der Waals surface area (Å²) < 4.78 is 136. The molecule has 0 radical (unpaired) electrons. The number of alkyl halides is 6. The van der Waals surface area contributed by atoms with Gasteiger partial charge in [-0.3, -0.25) is 0 Å². The summed E-state index contributed by atoms with van der Waals surface area (Å²) in [5.74, 6) is -7.08. The molecule has 0 N–H and O–H groups in total. The smallest absolute Gasteiger partial charge is 0.428 e. The van der Waals surface area contributed by atoms with Crippen LogP contribution >= 0.6 is 0 Å². The van der Waals surface area contributed by atoms with Crippen LogP contribution in [0.4, 0.5) is 26.3 Å². The van der Waals surface area contributed by atoms with E-state index in [2.05, 4.69) is 0 Å². The van der Waals surface area contributed by atoms with Gasteiger partial charge in [0.25, 0.3) is 10.0 Å². The number of halogens is 6. The topological polar surface area (TPSA) is 94.6 Å². The van der Waals surface area contributed by atoms with Gasteiger partial charge in [0, 0.05) is 13.1 Å². The molecule has 0 aromatic carbocycles. The van der Waals surface area contributed by atoms with E-state index in [0.29, 0.717) is 6.42 Å². The van der Waals surface area contributed by atoms with Gasteiger partial charge in [-0.05, 0) is 24.2 Å². The van der Waals surface area contributed by atoms with Crippen LogP contribution in [0.1, 0.15) is 40.0 Å². The first-order valence-corrected chi connectivity index (χ1v) is 10.7. The van der Waals surface area contributed by atoms with E-state index in [0.717, 1.165) is 0 Å². The molecule has 1 fully saturated rings. The zero-order valence-electron chi connectivity index (χ0n) is 14.7. The third kappa shape index (κ3) is 3.81. The summed E-state index contributed by atoms with van der Waals surface area (Å²) in [7, 11) is -13.6. The molecule has 0 spiro atoms. The lowest BCUT2D eigenvalue weighted by atomic mass is 9.72. The minimum Gasteiger partial charge on any atom is -0.743 e. The lowest BCUT2D eigenvalue weighted by molar-refractivity contribution is -0.247. The molecule has 6 nitrogen and oxygen atoms in total. The molecular formula is C13H20F6NO5S2-. The predicted octanol–water partition coefficient (Wildman–Crippen LogP) is 2.83. The van der Waals surface area contributed by atoms with Crippen LogP contribution in [0.15, 0.2) is 0 Å². The Bertz CT molecular complexity index is 758. The van der Waals surface area contributed by atoms with Crippen LogP contribution in [-0.2, 0) is 20.1 Å². The molecule has 0 aromatic heterocycles. The fraction of sp³-hybridized carbons (Fsp3) is 1.00. The van der Waals surface area contributed by atoms with Crippen LogP contribution in [0.2, 0.25) is 0 Å². The predicted molar refractivity (Wildman–Crippen MR) is 81.8 cm³/mol. The van der Waals surface area contributed by atoms with Crippen molar-refractivity contribution in [3.8, 4) is 0 Å². The summed E-state index contributed by atoms with van der Waals surface area (Å²) in [6.07, 6.45) is 0.724. The first kappa shape index (κ1) is 24.4. The highest BCUT2D eigenvalue weighted by Crippen LogP contribution is 2.51. The number of nitrogens with zero attached hydrogens (tertiary/aromatic N) is 1. The van der Waals surface area contributed by atoms with Gasteiger partial charge in [-0.2, -0.15) is 30.6 Å². The summed E-state index contributed by atoms with van der Waals surface area (Å²) in [6.45, 7) is 4.30. The van der Waals surface area contributed by atoms with Gasteiger partial charge in [0.15, 0.2) is 10.1 Å². The van der Waals surface area contributed by atoms with E-state index in [1.807, 2.05) is 20.8 Å². The maximum atomic E-state index is 13.9. The Kier molecular flexibility index (Phi) is 6.36. The van der Waals surface area contributed by atoms with E-state index in [9.17, 15) is 47.7 Å². The molecule has 0 amide bonds. The number of sulfonamides is 1. The highest BCUT2D eigenvalue weighted by atomic mass is 32.2. The minimum absolute atomic E-state index is 0.0258. The summed E-state index contributed by atoms with van der Waals surface area (Å²) in [4.78, 5) is 0. The van der Waals surface area contributed by atoms with Gasteiger partial charge in [0.2, 0.25) is 0 Å². The van der Waals surface area contributed by atoms with Crippen molar-refractivity contribution < 1.29 is 47.7 Å². The lowest BCUT2D eigenvalue weighted by Crippen LogP contribution is -2.63. The minimum atomic E-state index is -7.26. The highest BCUT2D eigenvalue weighted by molar-refractivity contribution is 7.90. The van der Waals surface area contributed by atoms with E-state index < -0.39 is 49.7 Å². The molecule has 0 aromatic rings. The maximum absolute atomic E-state index is 13.9. The monoisotopic (exact) mass is 448 g/mol. The third-order valence-corrected chi connectivity index (χ3v) is 8.01. The van der Waals surface area contributed by atoms with E-state index in [1.165, 1.54) is 0 Å². The van der Waals surface area contributed by atoms with E-state index in [1.54, 1.807) is 0 Å². The summed E-state index contributed by atoms with van der Waals surface area (Å²) in [5.41, 5.74) is -0.286. The molecule has 1 aliphatic heterocycles. The van der Waals surface area contributed by atoms with Gasteiger partial charge < -0.3 is 4.55 Å². The maximum Gasteiger partial charge on any atom is 0.428 e. The Balaban J connectivity index is 3.20. The largest absolute Gasteiger partial charge is 0.743 e. The van der Waals surface area contributed by atoms with Crippen molar-refractivity contribution in [2.75, 3.05) is 13.1 Å². The number of piperidine rings is 1. The average molecular weight is 448 g/mol. The highest BCUT2D eigenvalue weighted by Gasteiger charge is 2.80. The molecular weight excluding hydrogens is 428 g/mol. The lowest BCUT2D eigenvalue weighted by Gasteiger charge is -2.41. The summed E-state index contributed by atoms with van der Waals surface area (Å²) in [5, 5.41) is -13.3. The van der Waals surface area contributed by atoms with Crippen LogP contribution in [-0.4, -0.2) is 55.2 Å². The number of hydrogen-bond donors (Lipinski definition) is 0. The van der Waals surface area contributed by atoms with Gasteiger partial charge in [-0.1, -0.05) is 27.2 Å². The molecule has 0 aliphatic carbocycles. The van der Waals surface area contributed by atoms with Gasteiger partial charge in [0.1, 0.15) is 0 Å². The second-order valence-corrected chi connectivity index (χ2v) is 10.5. The van der Waals surface area contributed by atoms with Gasteiger partial charge in [-0.25, -0.2) is 16.8 Å². The zero-order valence-corrected chi connectivity index (χ0v) is 16.3. The molecule has 27 heavy (non-hydrogen) atoms. The zero-order chi connectivity index (χ0) is 21.7. The third-order valence-electron chi connectivity index (χ3n) is 5.18. The average Bonchev–Trinajstić information content (AvgIpc) is 2.53. The molecule has 0 unspecified atom stereocenters. The SMILES string of the molecule is CCC(C)(C)C1CCN(S(=O)(=O)C(F)(F)C(F)(F)C(F)(F)S(=O)(=O)[O-])CC1. The second kappa shape index (κ2) is 7.02. The Morgan fingerprint density at radius 1 is 0.926 bits per heavy atom. The van der Waals surface area contributed by atoms with Crippen molar-refractivity contribution in [3.63, 3.8) is 0 Å². The quantitative estimate of drug-likeness (QED) is 0.441.